The Morgan fingerprint density at radius 3 is 2.38 bits per heavy atom. The molecular weight excluding hydrogens is 362 g/mol. The van der Waals surface area contributed by atoms with Crippen LogP contribution in [0.3, 0.4) is 0 Å². The monoisotopic (exact) mass is 395 g/mol. The summed E-state index contributed by atoms with van der Waals surface area (Å²) in [5.74, 6) is 1.09. The molecule has 3 rings (SSSR count). The molecule has 1 fully saturated rings. The summed E-state index contributed by atoms with van der Waals surface area (Å²) < 4.78 is 5.49. The molecule has 1 aliphatic heterocycles. The van der Waals surface area contributed by atoms with E-state index >= 15 is 0 Å². The first-order valence-electron chi connectivity index (χ1n) is 10.5. The van der Waals surface area contributed by atoms with Gasteiger partial charge in [-0.2, -0.15) is 0 Å². The number of likely N-dealkylation sites (N-methyl/N-ethyl adjacent to an activating group) is 1. The van der Waals surface area contributed by atoms with Crippen LogP contribution in [0.15, 0.2) is 42.5 Å². The van der Waals surface area contributed by atoms with Crippen LogP contribution in [0.2, 0.25) is 0 Å². The van der Waals surface area contributed by atoms with Gasteiger partial charge in [-0.3, -0.25) is 9.69 Å². The largest absolute Gasteiger partial charge is 0.494 e. The molecule has 0 unspecified atom stereocenters. The van der Waals surface area contributed by atoms with Crippen LogP contribution in [0.1, 0.15) is 23.6 Å². The maximum absolute atomic E-state index is 12.7. The van der Waals surface area contributed by atoms with Gasteiger partial charge in [-0.1, -0.05) is 24.3 Å². The van der Waals surface area contributed by atoms with Crippen LogP contribution in [0, 0.1) is 13.8 Å². The van der Waals surface area contributed by atoms with Crippen molar-refractivity contribution in [1.82, 2.24) is 9.80 Å². The minimum absolute atomic E-state index is 0.207. The maximum atomic E-state index is 12.7. The number of amides is 1. The second-order valence-corrected chi connectivity index (χ2v) is 7.84. The summed E-state index contributed by atoms with van der Waals surface area (Å²) in [5, 5.41) is 0. The fourth-order valence-electron chi connectivity index (χ4n) is 3.83. The Hall–Kier alpha value is -2.53. The molecule has 0 saturated carbocycles. The van der Waals surface area contributed by atoms with E-state index in [0.717, 1.165) is 38.5 Å². The molecule has 156 valence electrons. The van der Waals surface area contributed by atoms with E-state index in [1.54, 1.807) is 0 Å². The molecule has 1 saturated heterocycles. The standard InChI is InChI=1S/C24H33N3O2/c1-5-29-22-11-9-21(10-12-22)17-25(4)18-24(28)27-15-13-26(14-16-27)23-8-6-7-19(2)20(23)3/h6-12H,5,13-18H2,1-4H3. The van der Waals surface area contributed by atoms with Crippen LogP contribution >= 0.6 is 0 Å². The Bertz CT molecular complexity index is 811. The van der Waals surface area contributed by atoms with Crippen LogP contribution < -0.4 is 9.64 Å². The van der Waals surface area contributed by atoms with E-state index in [1.807, 2.05) is 31.0 Å². The Morgan fingerprint density at radius 2 is 1.72 bits per heavy atom. The van der Waals surface area contributed by atoms with Gasteiger partial charge in [-0.25, -0.2) is 0 Å². The number of hydrogen-bond donors (Lipinski definition) is 0. The van der Waals surface area contributed by atoms with Gasteiger partial charge in [-0.05, 0) is 62.7 Å². The Morgan fingerprint density at radius 1 is 1.03 bits per heavy atom. The van der Waals surface area contributed by atoms with Gasteiger partial charge in [0, 0.05) is 38.4 Å². The third-order valence-electron chi connectivity index (χ3n) is 5.64. The number of anilines is 1. The summed E-state index contributed by atoms with van der Waals surface area (Å²) in [7, 11) is 2.00. The van der Waals surface area contributed by atoms with Crippen molar-refractivity contribution >= 4 is 11.6 Å². The number of benzene rings is 2. The van der Waals surface area contributed by atoms with Crippen LogP contribution in [0.4, 0.5) is 5.69 Å². The van der Waals surface area contributed by atoms with Gasteiger partial charge in [0.15, 0.2) is 0 Å². The molecule has 1 amide bonds. The van der Waals surface area contributed by atoms with E-state index < -0.39 is 0 Å². The molecule has 0 spiro atoms. The van der Waals surface area contributed by atoms with Crippen molar-refractivity contribution in [3.63, 3.8) is 0 Å². The number of hydrogen-bond acceptors (Lipinski definition) is 4. The van der Waals surface area contributed by atoms with Gasteiger partial charge in [0.2, 0.25) is 5.91 Å². The molecule has 0 bridgehead atoms. The van der Waals surface area contributed by atoms with Crippen molar-refractivity contribution in [2.24, 2.45) is 0 Å². The van der Waals surface area contributed by atoms with Crippen molar-refractivity contribution in [3.8, 4) is 5.75 Å². The van der Waals surface area contributed by atoms with E-state index in [4.69, 9.17) is 4.74 Å². The average Bonchev–Trinajstić information content (AvgIpc) is 2.72. The highest BCUT2D eigenvalue weighted by Gasteiger charge is 2.23. The molecule has 29 heavy (non-hydrogen) atoms. The van der Waals surface area contributed by atoms with Crippen molar-refractivity contribution in [3.05, 3.63) is 59.2 Å². The normalized spacial score (nSPS) is 14.4. The molecule has 1 heterocycles. The highest BCUT2D eigenvalue weighted by Crippen LogP contribution is 2.24. The molecule has 2 aromatic rings. The molecule has 0 N–H and O–H groups in total. The van der Waals surface area contributed by atoms with Gasteiger partial charge in [0.1, 0.15) is 5.75 Å². The zero-order chi connectivity index (χ0) is 20.8. The van der Waals surface area contributed by atoms with Gasteiger partial charge < -0.3 is 14.5 Å². The number of carbonyl (C=O) groups is 1. The Kier molecular flexibility index (Phi) is 7.15. The predicted octanol–water partition coefficient (Wildman–Crippen LogP) is 3.48. The molecule has 5 nitrogen and oxygen atoms in total. The fourth-order valence-corrected chi connectivity index (χ4v) is 3.83. The van der Waals surface area contributed by atoms with Crippen molar-refractivity contribution in [1.29, 1.82) is 0 Å². The average molecular weight is 396 g/mol. The van der Waals surface area contributed by atoms with Gasteiger partial charge in [0.05, 0.1) is 13.2 Å². The predicted molar refractivity (Wildman–Crippen MR) is 119 cm³/mol. The lowest BCUT2D eigenvalue weighted by atomic mass is 10.1. The first kappa shape index (κ1) is 21.2. The summed E-state index contributed by atoms with van der Waals surface area (Å²) in [6, 6.07) is 14.6. The molecule has 0 radical (unpaired) electrons. The molecular formula is C24H33N3O2. The summed E-state index contributed by atoms with van der Waals surface area (Å²) in [6.07, 6.45) is 0. The highest BCUT2D eigenvalue weighted by molar-refractivity contribution is 5.78. The van der Waals surface area contributed by atoms with E-state index in [-0.39, 0.29) is 5.91 Å². The molecule has 0 atom stereocenters. The Labute approximate surface area is 174 Å². The van der Waals surface area contributed by atoms with Crippen LogP contribution in [-0.2, 0) is 11.3 Å². The topological polar surface area (TPSA) is 36.0 Å². The summed E-state index contributed by atoms with van der Waals surface area (Å²) in [4.78, 5) is 19.2. The van der Waals surface area contributed by atoms with Crippen molar-refractivity contribution in [2.75, 3.05) is 51.3 Å². The van der Waals surface area contributed by atoms with Gasteiger partial charge >= 0.3 is 0 Å². The molecule has 0 aliphatic carbocycles. The zero-order valence-electron chi connectivity index (χ0n) is 18.1. The lowest BCUT2D eigenvalue weighted by Crippen LogP contribution is -2.51. The molecule has 0 aromatic heterocycles. The summed E-state index contributed by atoms with van der Waals surface area (Å²) >= 11 is 0. The highest BCUT2D eigenvalue weighted by atomic mass is 16.5. The first-order chi connectivity index (χ1) is 14.0. The zero-order valence-corrected chi connectivity index (χ0v) is 18.1. The minimum atomic E-state index is 0.207. The van der Waals surface area contributed by atoms with E-state index in [9.17, 15) is 4.79 Å². The van der Waals surface area contributed by atoms with Gasteiger partial charge in [-0.15, -0.1) is 0 Å². The number of carbonyl (C=O) groups excluding carboxylic acids is 1. The number of aryl methyl sites for hydroxylation is 1. The Balaban J connectivity index is 1.48. The van der Waals surface area contributed by atoms with Gasteiger partial charge in [0.25, 0.3) is 0 Å². The van der Waals surface area contributed by atoms with Crippen molar-refractivity contribution < 1.29 is 9.53 Å². The summed E-state index contributed by atoms with van der Waals surface area (Å²) in [6.45, 7) is 11.5. The number of ether oxygens (including phenoxy) is 1. The lowest BCUT2D eigenvalue weighted by Gasteiger charge is -2.37. The second-order valence-electron chi connectivity index (χ2n) is 7.84. The minimum Gasteiger partial charge on any atom is -0.494 e. The first-order valence-corrected chi connectivity index (χ1v) is 10.5. The number of piperazine rings is 1. The lowest BCUT2D eigenvalue weighted by molar-refractivity contribution is -0.132. The summed E-state index contributed by atoms with van der Waals surface area (Å²) in [5.41, 5.74) is 5.13. The van der Waals surface area contributed by atoms with Crippen molar-refractivity contribution in [2.45, 2.75) is 27.3 Å². The van der Waals surface area contributed by atoms with Crippen LogP contribution in [-0.4, -0.2) is 62.1 Å². The smallest absolute Gasteiger partial charge is 0.236 e. The van der Waals surface area contributed by atoms with Crippen LogP contribution in [0.25, 0.3) is 0 Å². The third kappa shape index (κ3) is 5.51. The molecule has 1 aliphatic rings. The number of nitrogens with zero attached hydrogens (tertiary/aromatic N) is 3. The number of rotatable bonds is 7. The molecule has 5 heteroatoms. The fraction of sp³-hybridized carbons (Fsp3) is 0.458. The third-order valence-corrected chi connectivity index (χ3v) is 5.64. The van der Waals surface area contributed by atoms with E-state index in [0.29, 0.717) is 13.2 Å². The molecule has 2 aromatic carbocycles. The van der Waals surface area contributed by atoms with E-state index in [2.05, 4.69) is 54.0 Å². The maximum Gasteiger partial charge on any atom is 0.236 e. The second kappa shape index (κ2) is 9.79. The quantitative estimate of drug-likeness (QED) is 0.719. The SMILES string of the molecule is CCOc1ccc(CN(C)CC(=O)N2CCN(c3cccc(C)c3C)CC2)cc1. The van der Waals surface area contributed by atoms with Crippen LogP contribution in [0.5, 0.6) is 5.75 Å². The van der Waals surface area contributed by atoms with E-state index in [1.165, 1.54) is 22.4 Å².